The van der Waals surface area contributed by atoms with Crippen LogP contribution in [0.5, 0.6) is 5.75 Å². The zero-order valence-electron chi connectivity index (χ0n) is 13.4. The number of carbonyl (C=O) groups excluding carboxylic acids is 1. The Morgan fingerprint density at radius 1 is 1.11 bits per heavy atom. The second-order valence-corrected chi connectivity index (χ2v) is 6.50. The fourth-order valence-corrected chi connectivity index (χ4v) is 3.33. The number of fused-ring (bicyclic) bond motifs is 1. The van der Waals surface area contributed by atoms with Crippen molar-refractivity contribution in [3.8, 4) is 5.75 Å². The molecule has 11 heteroatoms. The number of thiazole rings is 1. The molecule has 2 aromatic carbocycles. The molecule has 5 nitrogen and oxygen atoms in total. The van der Waals surface area contributed by atoms with Gasteiger partial charge in [0.15, 0.2) is 27.6 Å². The highest BCUT2D eigenvalue weighted by atomic mass is 32.1. The van der Waals surface area contributed by atoms with E-state index in [9.17, 15) is 22.4 Å². The van der Waals surface area contributed by atoms with Crippen molar-refractivity contribution in [3.63, 3.8) is 0 Å². The number of halogens is 4. The van der Waals surface area contributed by atoms with E-state index >= 15 is 0 Å². The summed E-state index contributed by atoms with van der Waals surface area (Å²) >= 11 is 6.10. The number of hydrogen-bond donors (Lipinski definition) is 2. The summed E-state index contributed by atoms with van der Waals surface area (Å²) in [6.45, 7) is 0. The van der Waals surface area contributed by atoms with Crippen molar-refractivity contribution in [1.82, 2.24) is 10.3 Å². The van der Waals surface area contributed by atoms with Gasteiger partial charge in [-0.05, 0) is 24.4 Å². The summed E-state index contributed by atoms with van der Waals surface area (Å²) in [7, 11) is 0.831. The fraction of sp³-hybridized carbons (Fsp3) is 0.0625. The van der Waals surface area contributed by atoms with Crippen LogP contribution in [0.2, 0.25) is 0 Å². The van der Waals surface area contributed by atoms with E-state index in [4.69, 9.17) is 12.2 Å². The molecule has 3 rings (SSSR count). The summed E-state index contributed by atoms with van der Waals surface area (Å²) in [5.41, 5.74) is -0.783. The number of amides is 1. The Kier molecular flexibility index (Phi) is 5.24. The van der Waals surface area contributed by atoms with Crippen LogP contribution in [-0.2, 0) is 0 Å². The van der Waals surface area contributed by atoms with E-state index in [1.165, 1.54) is 11.3 Å². The lowest BCUT2D eigenvalue weighted by molar-refractivity contribution is 0.0966. The van der Waals surface area contributed by atoms with Gasteiger partial charge in [0.05, 0.1) is 17.3 Å². The fourth-order valence-electron chi connectivity index (χ4n) is 2.21. The van der Waals surface area contributed by atoms with Crippen LogP contribution in [0.15, 0.2) is 24.3 Å². The monoisotopic (exact) mass is 415 g/mol. The van der Waals surface area contributed by atoms with Crippen LogP contribution in [0.3, 0.4) is 0 Å². The number of carbonyl (C=O) groups is 1. The molecule has 1 aromatic heterocycles. The van der Waals surface area contributed by atoms with Crippen molar-refractivity contribution >= 4 is 49.9 Å². The Hall–Kier alpha value is -2.79. The molecule has 0 fully saturated rings. The van der Waals surface area contributed by atoms with Gasteiger partial charge in [0.2, 0.25) is 11.6 Å². The standard InChI is InChI=1S/C16H9F4N3O2S2/c1-25-13-11(19)9(17)8(10(18)12(13)20)14(24)22-15(26)23-16-21-6-4-2-3-5-7(6)27-16/h2-5H,1H3,(H2,21,22,23,24,26). The molecule has 1 amide bonds. The van der Waals surface area contributed by atoms with Gasteiger partial charge in [-0.1, -0.05) is 23.5 Å². The minimum atomic E-state index is -1.90. The number of anilines is 1. The Balaban J connectivity index is 1.81. The number of benzene rings is 2. The number of ether oxygens (including phenoxy) is 1. The average Bonchev–Trinajstić information content (AvgIpc) is 3.02. The van der Waals surface area contributed by atoms with Gasteiger partial charge >= 0.3 is 0 Å². The molecular formula is C16H9F4N3O2S2. The van der Waals surface area contributed by atoms with E-state index in [0.717, 1.165) is 11.8 Å². The average molecular weight is 415 g/mol. The Labute approximate surface area is 159 Å². The van der Waals surface area contributed by atoms with Gasteiger partial charge in [-0.15, -0.1) is 0 Å². The van der Waals surface area contributed by atoms with E-state index in [-0.39, 0.29) is 5.11 Å². The summed E-state index contributed by atoms with van der Waals surface area (Å²) in [6.07, 6.45) is 0. The van der Waals surface area contributed by atoms with E-state index < -0.39 is 40.5 Å². The number of nitrogens with one attached hydrogen (secondary N) is 2. The number of thiocarbonyl (C=S) groups is 1. The van der Waals surface area contributed by atoms with Crippen LogP contribution in [0.4, 0.5) is 22.7 Å². The van der Waals surface area contributed by atoms with E-state index in [0.29, 0.717) is 10.6 Å². The second kappa shape index (κ2) is 7.45. The van der Waals surface area contributed by atoms with Crippen LogP contribution in [-0.4, -0.2) is 23.1 Å². The van der Waals surface area contributed by atoms with Crippen LogP contribution in [0.25, 0.3) is 10.2 Å². The molecule has 2 N–H and O–H groups in total. The quantitative estimate of drug-likeness (QED) is 0.385. The third kappa shape index (κ3) is 3.55. The van der Waals surface area contributed by atoms with Gasteiger partial charge in [-0.25, -0.2) is 13.8 Å². The molecule has 0 bridgehead atoms. The lowest BCUT2D eigenvalue weighted by Gasteiger charge is -2.11. The summed E-state index contributed by atoms with van der Waals surface area (Å²) in [5, 5.41) is 4.49. The number of rotatable bonds is 3. The summed E-state index contributed by atoms with van der Waals surface area (Å²) in [6, 6.07) is 7.16. The maximum atomic E-state index is 14.0. The van der Waals surface area contributed by atoms with Gasteiger partial charge in [-0.2, -0.15) is 8.78 Å². The van der Waals surface area contributed by atoms with Crippen LogP contribution >= 0.6 is 23.6 Å². The molecule has 0 aliphatic rings. The van der Waals surface area contributed by atoms with E-state index in [1.807, 2.05) is 17.4 Å². The van der Waals surface area contributed by atoms with E-state index in [2.05, 4.69) is 15.0 Å². The van der Waals surface area contributed by atoms with Gasteiger partial charge < -0.3 is 10.1 Å². The number of methoxy groups -OCH3 is 1. The van der Waals surface area contributed by atoms with Crippen LogP contribution in [0, 0.1) is 23.3 Å². The molecule has 0 atom stereocenters. The second-order valence-electron chi connectivity index (χ2n) is 5.06. The highest BCUT2D eigenvalue weighted by Gasteiger charge is 2.30. The molecule has 0 saturated carbocycles. The summed E-state index contributed by atoms with van der Waals surface area (Å²) in [4.78, 5) is 16.3. The predicted molar refractivity (Wildman–Crippen MR) is 96.1 cm³/mol. The number of nitrogens with zero attached hydrogens (tertiary/aromatic N) is 1. The third-order valence-corrected chi connectivity index (χ3v) is 4.55. The largest absolute Gasteiger partial charge is 0.491 e. The van der Waals surface area contributed by atoms with Crippen molar-refractivity contribution in [3.05, 3.63) is 53.1 Å². The van der Waals surface area contributed by atoms with Gasteiger partial charge in [0.1, 0.15) is 5.56 Å². The first-order valence-electron chi connectivity index (χ1n) is 7.21. The summed E-state index contributed by atoms with van der Waals surface area (Å²) < 4.78 is 60.5. The number of para-hydroxylation sites is 1. The minimum Gasteiger partial charge on any atom is -0.491 e. The van der Waals surface area contributed by atoms with Crippen molar-refractivity contribution in [2.75, 3.05) is 12.4 Å². The molecule has 0 aliphatic heterocycles. The molecule has 140 valence electrons. The molecule has 0 saturated heterocycles. The maximum Gasteiger partial charge on any atom is 0.263 e. The molecular weight excluding hydrogens is 406 g/mol. The lowest BCUT2D eigenvalue weighted by atomic mass is 10.1. The molecule has 0 radical (unpaired) electrons. The molecule has 0 spiro atoms. The molecule has 27 heavy (non-hydrogen) atoms. The maximum absolute atomic E-state index is 14.0. The number of aromatic nitrogens is 1. The Morgan fingerprint density at radius 2 is 1.74 bits per heavy atom. The first-order chi connectivity index (χ1) is 12.8. The van der Waals surface area contributed by atoms with Crippen molar-refractivity contribution in [2.45, 2.75) is 0 Å². The van der Waals surface area contributed by atoms with Crippen molar-refractivity contribution < 1.29 is 27.1 Å². The Morgan fingerprint density at radius 3 is 2.33 bits per heavy atom. The van der Waals surface area contributed by atoms with Crippen LogP contribution < -0.4 is 15.4 Å². The predicted octanol–water partition coefficient (Wildman–Crippen LogP) is 3.99. The molecule has 0 unspecified atom stereocenters. The molecule has 3 aromatic rings. The first kappa shape index (κ1) is 19.0. The summed E-state index contributed by atoms with van der Waals surface area (Å²) in [5.74, 6) is -10.2. The topological polar surface area (TPSA) is 63.2 Å². The first-order valence-corrected chi connectivity index (χ1v) is 8.43. The van der Waals surface area contributed by atoms with Gasteiger partial charge in [-0.3, -0.25) is 10.1 Å². The lowest BCUT2D eigenvalue weighted by Crippen LogP contribution is -2.35. The smallest absolute Gasteiger partial charge is 0.263 e. The SMILES string of the molecule is COc1c(F)c(F)c(C(=O)NC(=S)Nc2nc3ccccc3s2)c(F)c1F. The van der Waals surface area contributed by atoms with E-state index in [1.54, 1.807) is 12.1 Å². The molecule has 1 heterocycles. The molecule has 0 aliphatic carbocycles. The van der Waals surface area contributed by atoms with Crippen molar-refractivity contribution in [1.29, 1.82) is 0 Å². The third-order valence-electron chi connectivity index (χ3n) is 3.40. The minimum absolute atomic E-state index is 0.314. The Bertz CT molecular complexity index is 1010. The highest BCUT2D eigenvalue weighted by Crippen LogP contribution is 2.30. The van der Waals surface area contributed by atoms with Crippen LogP contribution in [0.1, 0.15) is 10.4 Å². The van der Waals surface area contributed by atoms with Crippen molar-refractivity contribution in [2.24, 2.45) is 0 Å². The normalized spacial score (nSPS) is 10.7. The van der Waals surface area contributed by atoms with Gasteiger partial charge in [0, 0.05) is 0 Å². The zero-order valence-corrected chi connectivity index (χ0v) is 15.0. The number of hydrogen-bond acceptors (Lipinski definition) is 5. The highest BCUT2D eigenvalue weighted by molar-refractivity contribution is 7.80. The van der Waals surface area contributed by atoms with Gasteiger partial charge in [0.25, 0.3) is 5.91 Å². The zero-order chi connectivity index (χ0) is 19.7.